The van der Waals surface area contributed by atoms with E-state index in [-0.39, 0.29) is 0 Å². The monoisotopic (exact) mass is 275 g/mol. The van der Waals surface area contributed by atoms with Crippen LogP contribution in [0.5, 0.6) is 0 Å². The molecule has 2 heterocycles. The number of nitrogens with one attached hydrogen (secondary N) is 2. The lowest BCUT2D eigenvalue weighted by Gasteiger charge is -2.04. The van der Waals surface area contributed by atoms with Crippen LogP contribution in [0.4, 0.5) is 5.82 Å². The maximum Gasteiger partial charge on any atom is 0.151 e. The molecule has 0 atom stereocenters. The molecule has 0 aliphatic rings. The van der Waals surface area contributed by atoms with Crippen LogP contribution in [0.25, 0.3) is 11.0 Å². The lowest BCUT2D eigenvalue weighted by Crippen LogP contribution is -2.14. The maximum absolute atomic E-state index is 5.80. The fourth-order valence-corrected chi connectivity index (χ4v) is 2.40. The first kappa shape index (κ1) is 14.8. The molecule has 5 heteroatoms. The zero-order chi connectivity index (χ0) is 14.2. The summed E-state index contributed by atoms with van der Waals surface area (Å²) in [7, 11) is 0. The molecule has 0 aliphatic carbocycles. The minimum absolute atomic E-state index is 0.511. The molecule has 20 heavy (non-hydrogen) atoms. The molecule has 0 unspecified atom stereocenters. The largest absolute Gasteiger partial charge is 0.382 e. The molecule has 0 aliphatic heterocycles. The van der Waals surface area contributed by atoms with Crippen molar-refractivity contribution in [2.24, 2.45) is 0 Å². The lowest BCUT2D eigenvalue weighted by molar-refractivity contribution is 0.572. The van der Waals surface area contributed by atoms with E-state index in [0.717, 1.165) is 29.7 Å². The van der Waals surface area contributed by atoms with E-state index in [1.807, 2.05) is 6.20 Å². The van der Waals surface area contributed by atoms with Crippen LogP contribution >= 0.6 is 0 Å². The van der Waals surface area contributed by atoms with Crippen molar-refractivity contribution in [3.8, 4) is 0 Å². The number of nitrogen functional groups attached to an aromatic ring is 1. The Hall–Kier alpha value is -1.62. The molecule has 0 saturated heterocycles. The number of hydrogen-bond acceptors (Lipinski definition) is 4. The van der Waals surface area contributed by atoms with Crippen molar-refractivity contribution in [1.82, 2.24) is 20.3 Å². The van der Waals surface area contributed by atoms with Gasteiger partial charge in [-0.2, -0.15) is 0 Å². The molecule has 0 aromatic carbocycles. The van der Waals surface area contributed by atoms with E-state index in [0.29, 0.717) is 5.82 Å². The highest BCUT2D eigenvalue weighted by Gasteiger charge is 2.07. The maximum atomic E-state index is 5.80. The number of aromatic nitrogens is 3. The van der Waals surface area contributed by atoms with Gasteiger partial charge in [-0.05, 0) is 13.0 Å². The number of rotatable bonds is 9. The van der Waals surface area contributed by atoms with Gasteiger partial charge in [-0.1, -0.05) is 39.0 Å². The van der Waals surface area contributed by atoms with E-state index < -0.39 is 0 Å². The van der Waals surface area contributed by atoms with E-state index in [4.69, 9.17) is 5.73 Å². The molecule has 110 valence electrons. The van der Waals surface area contributed by atoms with E-state index >= 15 is 0 Å². The molecular weight excluding hydrogens is 250 g/mol. The number of H-pyrrole nitrogens is 1. The van der Waals surface area contributed by atoms with Crippen LogP contribution in [-0.4, -0.2) is 21.5 Å². The summed E-state index contributed by atoms with van der Waals surface area (Å²) in [6.07, 6.45) is 11.4. The SMILES string of the molecule is CCCCCCCCNCc1c[nH]c2c(N)ncnc12. The third-order valence-electron chi connectivity index (χ3n) is 3.59. The Bertz CT molecular complexity index is 520. The van der Waals surface area contributed by atoms with Gasteiger partial charge in [0.2, 0.25) is 0 Å². The quantitative estimate of drug-likeness (QED) is 0.615. The van der Waals surface area contributed by atoms with Gasteiger partial charge in [-0.3, -0.25) is 0 Å². The van der Waals surface area contributed by atoms with Crippen molar-refractivity contribution in [2.75, 3.05) is 12.3 Å². The molecule has 4 N–H and O–H groups in total. The fraction of sp³-hybridized carbons (Fsp3) is 0.600. The Labute approximate surface area is 120 Å². The highest BCUT2D eigenvalue weighted by molar-refractivity contribution is 5.86. The standard InChI is InChI=1S/C15H25N5/c1-2-3-4-5-6-7-8-17-9-12-10-18-14-13(12)19-11-20-15(14)16/h10-11,17-18H,2-9H2,1H3,(H2,16,19,20). The number of unbranched alkanes of at least 4 members (excludes halogenated alkanes) is 5. The molecule has 2 aromatic heterocycles. The number of aromatic amines is 1. The van der Waals surface area contributed by atoms with Crippen LogP contribution in [0, 0.1) is 0 Å². The van der Waals surface area contributed by atoms with Crippen LogP contribution in [-0.2, 0) is 6.54 Å². The van der Waals surface area contributed by atoms with E-state index in [2.05, 4.69) is 27.2 Å². The van der Waals surface area contributed by atoms with E-state index in [9.17, 15) is 0 Å². The van der Waals surface area contributed by atoms with Gasteiger partial charge >= 0.3 is 0 Å². The Balaban J connectivity index is 1.70. The van der Waals surface area contributed by atoms with Gasteiger partial charge in [0.15, 0.2) is 5.82 Å². The topological polar surface area (TPSA) is 79.6 Å². The van der Waals surface area contributed by atoms with Crippen LogP contribution in [0.2, 0.25) is 0 Å². The third-order valence-corrected chi connectivity index (χ3v) is 3.59. The smallest absolute Gasteiger partial charge is 0.151 e. The minimum atomic E-state index is 0.511. The Morgan fingerprint density at radius 1 is 1.15 bits per heavy atom. The zero-order valence-corrected chi connectivity index (χ0v) is 12.3. The van der Waals surface area contributed by atoms with Crippen LogP contribution in [0.3, 0.4) is 0 Å². The Kier molecular flexibility index (Phi) is 5.80. The summed E-state index contributed by atoms with van der Waals surface area (Å²) in [5.41, 5.74) is 8.71. The van der Waals surface area contributed by atoms with E-state index in [1.54, 1.807) is 0 Å². The van der Waals surface area contributed by atoms with Gasteiger partial charge in [-0.25, -0.2) is 9.97 Å². The predicted octanol–water partition coefficient (Wildman–Crippen LogP) is 2.99. The predicted molar refractivity (Wildman–Crippen MR) is 83.4 cm³/mol. The minimum Gasteiger partial charge on any atom is -0.382 e. The van der Waals surface area contributed by atoms with Crippen molar-refractivity contribution >= 4 is 16.9 Å². The second-order valence-corrected chi connectivity index (χ2v) is 5.24. The molecule has 2 rings (SSSR count). The van der Waals surface area contributed by atoms with Crippen LogP contribution in [0.15, 0.2) is 12.5 Å². The molecule has 0 fully saturated rings. The Morgan fingerprint density at radius 2 is 1.95 bits per heavy atom. The number of fused-ring (bicyclic) bond motifs is 1. The zero-order valence-electron chi connectivity index (χ0n) is 12.3. The summed E-state index contributed by atoms with van der Waals surface area (Å²) in [5.74, 6) is 0.511. The van der Waals surface area contributed by atoms with Crippen molar-refractivity contribution in [1.29, 1.82) is 0 Å². The number of nitrogens with two attached hydrogens (primary N) is 1. The first-order valence-corrected chi connectivity index (χ1v) is 7.60. The Morgan fingerprint density at radius 3 is 2.80 bits per heavy atom. The second kappa shape index (κ2) is 7.85. The summed E-state index contributed by atoms with van der Waals surface area (Å²) < 4.78 is 0. The van der Waals surface area contributed by atoms with Gasteiger partial charge in [0.25, 0.3) is 0 Å². The van der Waals surface area contributed by atoms with Crippen molar-refractivity contribution in [2.45, 2.75) is 52.0 Å². The summed E-state index contributed by atoms with van der Waals surface area (Å²) in [5, 5.41) is 3.47. The van der Waals surface area contributed by atoms with Crippen LogP contribution < -0.4 is 11.1 Å². The molecule has 0 bridgehead atoms. The first-order chi connectivity index (χ1) is 9.83. The molecule has 5 nitrogen and oxygen atoms in total. The molecular formula is C15H25N5. The molecule has 2 aromatic rings. The second-order valence-electron chi connectivity index (χ2n) is 5.24. The first-order valence-electron chi connectivity index (χ1n) is 7.60. The van der Waals surface area contributed by atoms with Crippen LogP contribution in [0.1, 0.15) is 51.0 Å². The number of hydrogen-bond donors (Lipinski definition) is 3. The summed E-state index contributed by atoms with van der Waals surface area (Å²) >= 11 is 0. The molecule has 0 saturated carbocycles. The van der Waals surface area contributed by atoms with Gasteiger partial charge in [0.1, 0.15) is 11.8 Å². The number of anilines is 1. The van der Waals surface area contributed by atoms with Gasteiger partial charge in [0.05, 0.1) is 5.52 Å². The van der Waals surface area contributed by atoms with E-state index in [1.165, 1.54) is 44.9 Å². The average molecular weight is 275 g/mol. The van der Waals surface area contributed by atoms with Gasteiger partial charge in [-0.15, -0.1) is 0 Å². The fourth-order valence-electron chi connectivity index (χ4n) is 2.40. The van der Waals surface area contributed by atoms with Gasteiger partial charge < -0.3 is 16.0 Å². The van der Waals surface area contributed by atoms with Crippen molar-refractivity contribution < 1.29 is 0 Å². The summed E-state index contributed by atoms with van der Waals surface area (Å²) in [6.45, 7) is 4.13. The molecule has 0 radical (unpaired) electrons. The number of nitrogens with zero attached hydrogens (tertiary/aromatic N) is 2. The average Bonchev–Trinajstić information content (AvgIpc) is 2.87. The summed E-state index contributed by atoms with van der Waals surface area (Å²) in [6, 6.07) is 0. The van der Waals surface area contributed by atoms with Crippen molar-refractivity contribution in [3.63, 3.8) is 0 Å². The van der Waals surface area contributed by atoms with Crippen molar-refractivity contribution in [3.05, 3.63) is 18.1 Å². The molecule has 0 amide bonds. The lowest BCUT2D eigenvalue weighted by atomic mass is 10.1. The third kappa shape index (κ3) is 3.93. The molecule has 0 spiro atoms. The normalized spacial score (nSPS) is 11.2. The summed E-state index contributed by atoms with van der Waals surface area (Å²) in [4.78, 5) is 11.4. The van der Waals surface area contributed by atoms with Gasteiger partial charge in [0, 0.05) is 18.3 Å². The highest BCUT2D eigenvalue weighted by atomic mass is 15.0. The highest BCUT2D eigenvalue weighted by Crippen LogP contribution is 2.18.